The summed E-state index contributed by atoms with van der Waals surface area (Å²) >= 11 is 1.69. The normalized spacial score (nSPS) is 11.7. The van der Waals surface area contributed by atoms with Crippen LogP contribution in [0, 0.1) is 6.92 Å². The second kappa shape index (κ2) is 5.47. The van der Waals surface area contributed by atoms with Crippen LogP contribution < -0.4 is 5.32 Å². The highest BCUT2D eigenvalue weighted by atomic mass is 32.2. The number of hydrogen-bond donors (Lipinski definition) is 1. The molecule has 0 aromatic carbocycles. The van der Waals surface area contributed by atoms with E-state index in [-0.39, 0.29) is 5.54 Å². The average molecular weight is 225 g/mol. The molecule has 1 aromatic rings. The minimum atomic E-state index is 0.189. The average Bonchev–Trinajstić information content (AvgIpc) is 2.14. The fourth-order valence-corrected chi connectivity index (χ4v) is 1.66. The molecule has 1 aromatic heterocycles. The van der Waals surface area contributed by atoms with Gasteiger partial charge in [0.25, 0.3) is 0 Å². The molecule has 0 aliphatic carbocycles. The maximum atomic E-state index is 4.24. The summed E-state index contributed by atoms with van der Waals surface area (Å²) in [6, 6.07) is 0. The van der Waals surface area contributed by atoms with Gasteiger partial charge in [0.1, 0.15) is 0 Å². The highest BCUT2D eigenvalue weighted by molar-refractivity contribution is 7.99. The van der Waals surface area contributed by atoms with Crippen molar-refractivity contribution >= 4 is 11.8 Å². The molecule has 0 saturated heterocycles. The Balaban J connectivity index is 2.23. The molecule has 0 aliphatic heterocycles. The standard InChI is InChI=1S/C11H19N3S/c1-9-7-12-10(13-8-9)15-6-5-14-11(2,3)4/h7-8,14H,5-6H2,1-4H3. The smallest absolute Gasteiger partial charge is 0.187 e. The van der Waals surface area contributed by atoms with Crippen LogP contribution in [0.5, 0.6) is 0 Å². The summed E-state index contributed by atoms with van der Waals surface area (Å²) in [6.07, 6.45) is 3.71. The van der Waals surface area contributed by atoms with Crippen LogP contribution in [-0.4, -0.2) is 27.8 Å². The molecule has 0 amide bonds. The first-order valence-electron chi connectivity index (χ1n) is 5.14. The zero-order valence-electron chi connectivity index (χ0n) is 9.87. The summed E-state index contributed by atoms with van der Waals surface area (Å²) in [7, 11) is 0. The Labute approximate surface area is 96.1 Å². The quantitative estimate of drug-likeness (QED) is 0.484. The molecule has 1 rings (SSSR count). The van der Waals surface area contributed by atoms with Crippen molar-refractivity contribution in [3.63, 3.8) is 0 Å². The Morgan fingerprint density at radius 1 is 1.27 bits per heavy atom. The van der Waals surface area contributed by atoms with Crippen molar-refractivity contribution in [1.29, 1.82) is 0 Å². The molecule has 0 aliphatic rings. The third-order valence-electron chi connectivity index (χ3n) is 1.75. The molecule has 0 unspecified atom stereocenters. The minimum absolute atomic E-state index is 0.189. The topological polar surface area (TPSA) is 37.8 Å². The van der Waals surface area contributed by atoms with E-state index in [9.17, 15) is 0 Å². The Bertz CT molecular complexity index is 290. The second-order valence-electron chi connectivity index (χ2n) is 4.57. The maximum Gasteiger partial charge on any atom is 0.187 e. The number of thioether (sulfide) groups is 1. The van der Waals surface area contributed by atoms with Gasteiger partial charge in [-0.05, 0) is 33.3 Å². The fourth-order valence-electron chi connectivity index (χ4n) is 1.02. The van der Waals surface area contributed by atoms with E-state index in [0.29, 0.717) is 0 Å². The van der Waals surface area contributed by atoms with Crippen molar-refractivity contribution in [3.8, 4) is 0 Å². The number of hydrogen-bond acceptors (Lipinski definition) is 4. The molecular weight excluding hydrogens is 206 g/mol. The first kappa shape index (κ1) is 12.5. The first-order valence-corrected chi connectivity index (χ1v) is 6.12. The molecule has 0 spiro atoms. The van der Waals surface area contributed by atoms with Crippen LogP contribution in [0.2, 0.25) is 0 Å². The summed E-state index contributed by atoms with van der Waals surface area (Å²) in [5, 5.41) is 4.28. The van der Waals surface area contributed by atoms with E-state index < -0.39 is 0 Å². The van der Waals surface area contributed by atoms with Crippen LogP contribution in [0.25, 0.3) is 0 Å². The lowest BCUT2D eigenvalue weighted by Crippen LogP contribution is -2.37. The van der Waals surface area contributed by atoms with E-state index in [2.05, 4.69) is 36.1 Å². The third kappa shape index (κ3) is 5.74. The van der Waals surface area contributed by atoms with Gasteiger partial charge in [-0.15, -0.1) is 0 Å². The zero-order chi connectivity index (χ0) is 11.3. The lowest BCUT2D eigenvalue weighted by molar-refractivity contribution is 0.441. The molecule has 84 valence electrons. The van der Waals surface area contributed by atoms with E-state index in [0.717, 1.165) is 23.0 Å². The van der Waals surface area contributed by atoms with Gasteiger partial charge < -0.3 is 5.32 Å². The summed E-state index contributed by atoms with van der Waals surface area (Å²) < 4.78 is 0. The van der Waals surface area contributed by atoms with Crippen molar-refractivity contribution in [2.24, 2.45) is 0 Å². The summed E-state index contributed by atoms with van der Waals surface area (Å²) in [5.41, 5.74) is 1.29. The van der Waals surface area contributed by atoms with Crippen LogP contribution in [0.1, 0.15) is 26.3 Å². The maximum absolute atomic E-state index is 4.24. The Morgan fingerprint density at radius 3 is 2.40 bits per heavy atom. The molecule has 0 fully saturated rings. The van der Waals surface area contributed by atoms with E-state index in [1.807, 2.05) is 19.3 Å². The molecular formula is C11H19N3S. The Kier molecular flexibility index (Phi) is 4.54. The molecule has 0 bridgehead atoms. The molecule has 0 saturated carbocycles. The van der Waals surface area contributed by atoms with E-state index in [4.69, 9.17) is 0 Å². The molecule has 1 heterocycles. The van der Waals surface area contributed by atoms with E-state index >= 15 is 0 Å². The number of nitrogens with one attached hydrogen (secondary N) is 1. The Morgan fingerprint density at radius 2 is 1.87 bits per heavy atom. The zero-order valence-corrected chi connectivity index (χ0v) is 10.7. The lowest BCUT2D eigenvalue weighted by atomic mass is 10.1. The third-order valence-corrected chi connectivity index (χ3v) is 2.62. The van der Waals surface area contributed by atoms with Crippen LogP contribution in [0.4, 0.5) is 0 Å². The van der Waals surface area contributed by atoms with Gasteiger partial charge in [0.15, 0.2) is 5.16 Å². The lowest BCUT2D eigenvalue weighted by Gasteiger charge is -2.19. The highest BCUT2D eigenvalue weighted by Crippen LogP contribution is 2.11. The molecule has 4 heteroatoms. The van der Waals surface area contributed by atoms with E-state index in [1.54, 1.807) is 11.8 Å². The van der Waals surface area contributed by atoms with Gasteiger partial charge >= 0.3 is 0 Å². The molecule has 0 atom stereocenters. The van der Waals surface area contributed by atoms with Gasteiger partial charge in [-0.2, -0.15) is 0 Å². The van der Waals surface area contributed by atoms with Crippen molar-refractivity contribution < 1.29 is 0 Å². The van der Waals surface area contributed by atoms with Crippen molar-refractivity contribution in [2.75, 3.05) is 12.3 Å². The predicted molar refractivity (Wildman–Crippen MR) is 65.2 cm³/mol. The fraction of sp³-hybridized carbons (Fsp3) is 0.636. The molecule has 15 heavy (non-hydrogen) atoms. The van der Waals surface area contributed by atoms with Gasteiger partial charge in [0, 0.05) is 30.2 Å². The summed E-state index contributed by atoms with van der Waals surface area (Å²) in [6.45, 7) is 9.47. The Hall–Kier alpha value is -0.610. The van der Waals surface area contributed by atoms with Crippen LogP contribution >= 0.6 is 11.8 Å². The van der Waals surface area contributed by atoms with Gasteiger partial charge in [-0.3, -0.25) is 0 Å². The first-order chi connectivity index (χ1) is 6.97. The SMILES string of the molecule is Cc1cnc(SCCNC(C)(C)C)nc1. The monoisotopic (exact) mass is 225 g/mol. The van der Waals surface area contributed by atoms with Gasteiger partial charge in [-0.1, -0.05) is 11.8 Å². The molecule has 1 N–H and O–H groups in total. The van der Waals surface area contributed by atoms with Gasteiger partial charge in [0.2, 0.25) is 0 Å². The predicted octanol–water partition coefficient (Wildman–Crippen LogP) is 2.27. The van der Waals surface area contributed by atoms with Crippen molar-refractivity contribution in [1.82, 2.24) is 15.3 Å². The van der Waals surface area contributed by atoms with Crippen LogP contribution in [0.3, 0.4) is 0 Å². The molecule has 3 nitrogen and oxygen atoms in total. The van der Waals surface area contributed by atoms with E-state index in [1.165, 1.54) is 0 Å². The number of rotatable bonds is 4. The number of aromatic nitrogens is 2. The van der Waals surface area contributed by atoms with Gasteiger partial charge in [0.05, 0.1) is 0 Å². The number of nitrogens with zero attached hydrogens (tertiary/aromatic N) is 2. The number of aryl methyl sites for hydroxylation is 1. The molecule has 0 radical (unpaired) electrons. The van der Waals surface area contributed by atoms with Crippen LogP contribution in [0.15, 0.2) is 17.6 Å². The summed E-state index contributed by atoms with van der Waals surface area (Å²) in [4.78, 5) is 8.47. The van der Waals surface area contributed by atoms with Gasteiger partial charge in [-0.25, -0.2) is 9.97 Å². The van der Waals surface area contributed by atoms with Crippen molar-refractivity contribution in [3.05, 3.63) is 18.0 Å². The highest BCUT2D eigenvalue weighted by Gasteiger charge is 2.07. The largest absolute Gasteiger partial charge is 0.311 e. The minimum Gasteiger partial charge on any atom is -0.311 e. The second-order valence-corrected chi connectivity index (χ2v) is 5.63. The summed E-state index contributed by atoms with van der Waals surface area (Å²) in [5.74, 6) is 1.00. The van der Waals surface area contributed by atoms with Crippen LogP contribution in [-0.2, 0) is 0 Å². The van der Waals surface area contributed by atoms with Crippen molar-refractivity contribution in [2.45, 2.75) is 38.4 Å².